The number of benzene rings is 1. The van der Waals surface area contributed by atoms with Gasteiger partial charge in [-0.05, 0) is 13.0 Å². The Morgan fingerprint density at radius 2 is 1.95 bits per heavy atom. The van der Waals surface area contributed by atoms with Gasteiger partial charge in [0.2, 0.25) is 10.0 Å². The highest BCUT2D eigenvalue weighted by atomic mass is 32.2. The molecule has 1 aromatic rings. The third-order valence-corrected chi connectivity index (χ3v) is 4.19. The Morgan fingerprint density at radius 1 is 1.33 bits per heavy atom. The van der Waals surface area contributed by atoms with Gasteiger partial charge in [0.15, 0.2) is 11.5 Å². The molecule has 21 heavy (non-hydrogen) atoms. The molecule has 0 aromatic heterocycles. The Morgan fingerprint density at radius 3 is 2.38 bits per heavy atom. The molecule has 1 aromatic carbocycles. The van der Waals surface area contributed by atoms with Crippen LogP contribution in [0, 0.1) is 0 Å². The van der Waals surface area contributed by atoms with Gasteiger partial charge in [-0.1, -0.05) is 0 Å². The van der Waals surface area contributed by atoms with Crippen LogP contribution >= 0.6 is 0 Å². The Bertz CT molecular complexity index is 627. The smallest absolute Gasteiger partial charge is 0.339 e. The van der Waals surface area contributed by atoms with Gasteiger partial charge in [0, 0.05) is 12.1 Å². The van der Waals surface area contributed by atoms with Crippen molar-refractivity contribution < 1.29 is 32.9 Å². The maximum absolute atomic E-state index is 12.1. The van der Waals surface area contributed by atoms with E-state index >= 15 is 0 Å². The first kappa shape index (κ1) is 17.2. The summed E-state index contributed by atoms with van der Waals surface area (Å²) in [7, 11) is -1.47. The number of carboxylic acids is 1. The molecule has 0 unspecified atom stereocenters. The largest absolute Gasteiger partial charge is 0.493 e. The van der Waals surface area contributed by atoms with Crippen LogP contribution in [0.15, 0.2) is 17.0 Å². The quantitative estimate of drug-likeness (QED) is 0.649. The number of sulfonamides is 1. The number of aliphatic hydroxyl groups excluding tert-OH is 1. The summed E-state index contributed by atoms with van der Waals surface area (Å²) in [6.45, 7) is 1.08. The summed E-state index contributed by atoms with van der Waals surface area (Å²) in [5.41, 5.74) is -0.339. The van der Waals surface area contributed by atoms with Gasteiger partial charge in [-0.2, -0.15) is 0 Å². The number of carbonyl (C=O) groups is 1. The summed E-state index contributed by atoms with van der Waals surface area (Å²) in [5.74, 6) is -1.44. The lowest BCUT2D eigenvalue weighted by molar-refractivity contribution is 0.0692. The van der Waals surface area contributed by atoms with E-state index in [0.717, 1.165) is 12.1 Å². The van der Waals surface area contributed by atoms with Crippen molar-refractivity contribution in [1.29, 1.82) is 0 Å². The second-order valence-corrected chi connectivity index (χ2v) is 5.93. The second kappa shape index (κ2) is 6.74. The van der Waals surface area contributed by atoms with Crippen LogP contribution in [0.5, 0.6) is 11.5 Å². The average Bonchev–Trinajstić information content (AvgIpc) is 2.44. The summed E-state index contributed by atoms with van der Waals surface area (Å²) in [5, 5.41) is 18.0. The van der Waals surface area contributed by atoms with Gasteiger partial charge in [-0.25, -0.2) is 17.9 Å². The number of hydrogen-bond acceptors (Lipinski definition) is 6. The highest BCUT2D eigenvalue weighted by Gasteiger charge is 2.24. The fraction of sp³-hybridized carbons (Fsp3) is 0.417. The molecule has 0 aliphatic carbocycles. The van der Waals surface area contributed by atoms with Crippen molar-refractivity contribution in [3.8, 4) is 11.5 Å². The van der Waals surface area contributed by atoms with Gasteiger partial charge in [0.1, 0.15) is 5.56 Å². The van der Waals surface area contributed by atoms with Gasteiger partial charge >= 0.3 is 5.97 Å². The van der Waals surface area contributed by atoms with Crippen molar-refractivity contribution in [2.75, 3.05) is 20.8 Å². The molecule has 118 valence electrons. The van der Waals surface area contributed by atoms with E-state index in [0.29, 0.717) is 0 Å². The summed E-state index contributed by atoms with van der Waals surface area (Å²) in [6.07, 6.45) is 0. The van der Waals surface area contributed by atoms with Gasteiger partial charge in [-0.3, -0.25) is 0 Å². The minimum atomic E-state index is -3.99. The SMILES string of the molecule is COc1cc(S(=O)(=O)N[C@H](C)CO)cc(C(=O)O)c1OC. The number of hydrogen-bond donors (Lipinski definition) is 3. The van der Waals surface area contributed by atoms with Crippen LogP contribution in [0.3, 0.4) is 0 Å². The third kappa shape index (κ3) is 3.84. The number of carboxylic acid groups (broad SMARTS) is 1. The number of methoxy groups -OCH3 is 2. The average molecular weight is 319 g/mol. The highest BCUT2D eigenvalue weighted by Crippen LogP contribution is 2.34. The van der Waals surface area contributed by atoms with Crippen molar-refractivity contribution in [1.82, 2.24) is 4.72 Å². The molecular weight excluding hydrogens is 302 g/mol. The van der Waals surface area contributed by atoms with E-state index in [-0.39, 0.29) is 22.0 Å². The molecule has 9 heteroatoms. The molecular formula is C12H17NO7S. The number of rotatable bonds is 7. The Balaban J connectivity index is 3.45. The van der Waals surface area contributed by atoms with Crippen molar-refractivity contribution in [2.45, 2.75) is 17.9 Å². The minimum Gasteiger partial charge on any atom is -0.493 e. The number of ether oxygens (including phenoxy) is 2. The van der Waals surface area contributed by atoms with E-state index < -0.39 is 28.6 Å². The molecule has 0 heterocycles. The van der Waals surface area contributed by atoms with E-state index in [1.54, 1.807) is 0 Å². The lowest BCUT2D eigenvalue weighted by atomic mass is 10.2. The molecule has 1 rings (SSSR count). The van der Waals surface area contributed by atoms with Gasteiger partial charge in [0.05, 0.1) is 25.7 Å². The first-order valence-electron chi connectivity index (χ1n) is 5.89. The maximum Gasteiger partial charge on any atom is 0.339 e. The molecule has 8 nitrogen and oxygen atoms in total. The van der Waals surface area contributed by atoms with Crippen molar-refractivity contribution >= 4 is 16.0 Å². The van der Waals surface area contributed by atoms with E-state index in [1.165, 1.54) is 21.1 Å². The normalized spacial score (nSPS) is 12.8. The monoisotopic (exact) mass is 319 g/mol. The zero-order chi connectivity index (χ0) is 16.2. The Kier molecular flexibility index (Phi) is 5.53. The molecule has 0 saturated heterocycles. The molecule has 0 spiro atoms. The van der Waals surface area contributed by atoms with Crippen molar-refractivity contribution in [2.24, 2.45) is 0 Å². The van der Waals surface area contributed by atoms with E-state index in [9.17, 15) is 13.2 Å². The molecule has 0 radical (unpaired) electrons. The Hall–Kier alpha value is -1.84. The number of nitrogens with one attached hydrogen (secondary N) is 1. The summed E-state index contributed by atoms with van der Waals surface area (Å²) in [4.78, 5) is 10.9. The lowest BCUT2D eigenvalue weighted by Crippen LogP contribution is -2.35. The van der Waals surface area contributed by atoms with E-state index in [2.05, 4.69) is 4.72 Å². The highest BCUT2D eigenvalue weighted by molar-refractivity contribution is 7.89. The van der Waals surface area contributed by atoms with Gasteiger partial charge < -0.3 is 19.7 Å². The second-order valence-electron chi connectivity index (χ2n) is 4.22. The van der Waals surface area contributed by atoms with E-state index in [4.69, 9.17) is 19.7 Å². The molecule has 0 aliphatic heterocycles. The van der Waals surface area contributed by atoms with E-state index in [1.807, 2.05) is 0 Å². The lowest BCUT2D eigenvalue weighted by Gasteiger charge is -2.15. The summed E-state index contributed by atoms with van der Waals surface area (Å²) < 4.78 is 36.4. The summed E-state index contributed by atoms with van der Waals surface area (Å²) >= 11 is 0. The number of aliphatic hydroxyl groups is 1. The predicted molar refractivity (Wildman–Crippen MR) is 73.4 cm³/mol. The van der Waals surface area contributed by atoms with Crippen LogP contribution in [0.1, 0.15) is 17.3 Å². The third-order valence-electron chi connectivity index (χ3n) is 2.62. The first-order chi connectivity index (χ1) is 9.76. The predicted octanol–water partition coefficient (Wildman–Crippen LogP) is 0.0611. The van der Waals surface area contributed by atoms with Crippen molar-refractivity contribution in [3.05, 3.63) is 17.7 Å². The number of aromatic carboxylic acids is 1. The van der Waals surface area contributed by atoms with Crippen LogP contribution in [0.4, 0.5) is 0 Å². The van der Waals surface area contributed by atoms with Crippen LogP contribution in [-0.2, 0) is 10.0 Å². The van der Waals surface area contributed by atoms with Gasteiger partial charge in [0.25, 0.3) is 0 Å². The molecule has 1 atom stereocenters. The fourth-order valence-corrected chi connectivity index (χ4v) is 2.90. The van der Waals surface area contributed by atoms with Crippen LogP contribution in [0.25, 0.3) is 0 Å². The summed E-state index contributed by atoms with van der Waals surface area (Å²) in [6, 6.07) is 1.41. The Labute approximate surface area is 122 Å². The zero-order valence-electron chi connectivity index (χ0n) is 11.8. The molecule has 0 saturated carbocycles. The molecule has 0 fully saturated rings. The molecule has 0 amide bonds. The van der Waals surface area contributed by atoms with Gasteiger partial charge in [-0.15, -0.1) is 0 Å². The standard InChI is InChI=1S/C12H17NO7S/c1-7(6-14)13-21(17,18)8-4-9(12(15)16)11(20-3)10(5-8)19-2/h4-5,7,13-14H,6H2,1-3H3,(H,15,16)/t7-/m1/s1. The topological polar surface area (TPSA) is 122 Å². The molecule has 0 aliphatic rings. The first-order valence-corrected chi connectivity index (χ1v) is 7.37. The van der Waals surface area contributed by atoms with Crippen molar-refractivity contribution in [3.63, 3.8) is 0 Å². The van der Waals surface area contributed by atoms with Crippen LogP contribution in [0.2, 0.25) is 0 Å². The van der Waals surface area contributed by atoms with Crippen LogP contribution < -0.4 is 14.2 Å². The molecule has 3 N–H and O–H groups in total. The zero-order valence-corrected chi connectivity index (χ0v) is 12.6. The maximum atomic E-state index is 12.1. The van der Waals surface area contributed by atoms with Crippen LogP contribution in [-0.4, -0.2) is 51.5 Å². The minimum absolute atomic E-state index is 0.0190. The molecule has 0 bridgehead atoms. The fourth-order valence-electron chi connectivity index (χ4n) is 1.62.